The van der Waals surface area contributed by atoms with Crippen molar-refractivity contribution in [3.63, 3.8) is 0 Å². The van der Waals surface area contributed by atoms with E-state index < -0.39 is 11.7 Å². The van der Waals surface area contributed by atoms with Gasteiger partial charge in [-0.25, -0.2) is 9.78 Å². The first kappa shape index (κ1) is 18.9. The van der Waals surface area contributed by atoms with Crippen molar-refractivity contribution < 1.29 is 14.3 Å². The molecule has 0 fully saturated rings. The minimum Gasteiger partial charge on any atom is -0.444 e. The molecule has 0 bridgehead atoms. The number of carbonyl (C=O) groups excluding carboxylic acids is 2. The van der Waals surface area contributed by atoms with Crippen molar-refractivity contribution in [2.75, 3.05) is 5.32 Å². The molecule has 6 nitrogen and oxygen atoms in total. The topological polar surface area (TPSA) is 73.2 Å². The van der Waals surface area contributed by atoms with Gasteiger partial charge in [0.1, 0.15) is 5.60 Å². The maximum Gasteiger partial charge on any atom is 0.412 e. The predicted octanol–water partition coefficient (Wildman–Crippen LogP) is 5.07. The molecule has 3 aromatic rings. The molecule has 1 unspecified atom stereocenters. The molecule has 0 saturated carbocycles. The van der Waals surface area contributed by atoms with Gasteiger partial charge in [-0.3, -0.25) is 10.1 Å². The fourth-order valence-electron chi connectivity index (χ4n) is 3.63. The minimum atomic E-state index is -0.587. The Morgan fingerprint density at radius 2 is 1.93 bits per heavy atom. The fraction of sp³-hybridized carbons (Fsp3) is 0.261. The van der Waals surface area contributed by atoms with Gasteiger partial charge in [0.05, 0.1) is 24.3 Å². The van der Waals surface area contributed by atoms with Gasteiger partial charge in [0.15, 0.2) is 5.78 Å². The zero-order valence-corrected chi connectivity index (χ0v) is 16.7. The first-order chi connectivity index (χ1) is 13.8. The van der Waals surface area contributed by atoms with Crippen LogP contribution < -0.4 is 5.32 Å². The minimum absolute atomic E-state index is 0.000748. The van der Waals surface area contributed by atoms with Crippen molar-refractivity contribution in [3.05, 3.63) is 72.2 Å². The largest absolute Gasteiger partial charge is 0.444 e. The normalized spacial score (nSPS) is 14.8. The first-order valence-electron chi connectivity index (χ1n) is 9.56. The number of fused-ring (bicyclic) bond motifs is 3. The van der Waals surface area contributed by atoms with Gasteiger partial charge in [-0.2, -0.15) is 0 Å². The summed E-state index contributed by atoms with van der Waals surface area (Å²) in [5.41, 5.74) is 3.75. The average Bonchev–Trinajstić information content (AvgIpc) is 3.23. The van der Waals surface area contributed by atoms with Crippen molar-refractivity contribution in [2.24, 2.45) is 0 Å². The van der Waals surface area contributed by atoms with Gasteiger partial charge in [0.2, 0.25) is 0 Å². The number of ketones is 1. The highest BCUT2D eigenvalue weighted by Crippen LogP contribution is 2.41. The Balaban J connectivity index is 1.52. The quantitative estimate of drug-likeness (QED) is 0.632. The molecule has 0 saturated heterocycles. The summed E-state index contributed by atoms with van der Waals surface area (Å²) in [5.74, 6) is -0.000748. The van der Waals surface area contributed by atoms with Crippen LogP contribution in [0.5, 0.6) is 0 Å². The maximum absolute atomic E-state index is 13.0. The molecule has 4 rings (SSSR count). The van der Waals surface area contributed by atoms with E-state index in [1.54, 1.807) is 51.4 Å². The summed E-state index contributed by atoms with van der Waals surface area (Å²) in [7, 11) is 0. The van der Waals surface area contributed by atoms with E-state index in [4.69, 9.17) is 4.74 Å². The first-order valence-corrected chi connectivity index (χ1v) is 9.56. The van der Waals surface area contributed by atoms with Crippen molar-refractivity contribution in [1.29, 1.82) is 0 Å². The van der Waals surface area contributed by atoms with E-state index in [0.717, 1.165) is 16.8 Å². The Morgan fingerprint density at radius 1 is 1.14 bits per heavy atom. The number of aromatic nitrogens is 2. The summed E-state index contributed by atoms with van der Waals surface area (Å²) < 4.78 is 7.32. The highest BCUT2D eigenvalue weighted by molar-refractivity contribution is 5.98. The molecule has 0 aliphatic carbocycles. The van der Waals surface area contributed by atoms with Gasteiger partial charge in [0.25, 0.3) is 0 Å². The second-order valence-corrected chi connectivity index (χ2v) is 8.12. The van der Waals surface area contributed by atoms with Crippen LogP contribution in [-0.2, 0) is 4.74 Å². The zero-order chi connectivity index (χ0) is 20.6. The van der Waals surface area contributed by atoms with Crippen LogP contribution in [0.15, 0.2) is 61.1 Å². The number of rotatable bonds is 4. The summed E-state index contributed by atoms with van der Waals surface area (Å²) in [4.78, 5) is 29.3. The van der Waals surface area contributed by atoms with Crippen molar-refractivity contribution in [3.8, 4) is 11.3 Å². The third-order valence-electron chi connectivity index (χ3n) is 4.81. The molecular weight excluding hydrogens is 366 g/mol. The molecule has 1 amide bonds. The molecule has 2 aromatic carbocycles. The molecule has 0 spiro atoms. The Labute approximate surface area is 169 Å². The predicted molar refractivity (Wildman–Crippen MR) is 111 cm³/mol. The Bertz CT molecular complexity index is 1080. The van der Waals surface area contributed by atoms with Crippen LogP contribution in [-0.4, -0.2) is 27.0 Å². The van der Waals surface area contributed by atoms with Gasteiger partial charge in [-0.15, -0.1) is 0 Å². The summed E-state index contributed by atoms with van der Waals surface area (Å²) in [6.45, 7) is 5.41. The highest BCUT2D eigenvalue weighted by atomic mass is 16.6. The molecule has 148 valence electrons. The number of carbonyl (C=O) groups is 2. The molecule has 0 radical (unpaired) electrons. The average molecular weight is 389 g/mol. The van der Waals surface area contributed by atoms with Gasteiger partial charge < -0.3 is 9.30 Å². The van der Waals surface area contributed by atoms with E-state index >= 15 is 0 Å². The van der Waals surface area contributed by atoms with Crippen LogP contribution in [0.1, 0.15) is 49.2 Å². The van der Waals surface area contributed by atoms with E-state index in [1.807, 2.05) is 22.9 Å². The Hall–Kier alpha value is -3.41. The molecular formula is C23H23N3O3. The van der Waals surface area contributed by atoms with Crippen LogP contribution in [0.25, 0.3) is 11.3 Å². The monoisotopic (exact) mass is 389 g/mol. The lowest BCUT2D eigenvalue weighted by atomic mass is 9.96. The number of hydrogen-bond donors (Lipinski definition) is 1. The number of ether oxygens (including phenoxy) is 1. The van der Waals surface area contributed by atoms with Gasteiger partial charge >= 0.3 is 6.09 Å². The Morgan fingerprint density at radius 3 is 2.72 bits per heavy atom. The van der Waals surface area contributed by atoms with Gasteiger partial charge in [-0.1, -0.05) is 36.4 Å². The van der Waals surface area contributed by atoms with Crippen LogP contribution in [0, 0.1) is 0 Å². The third kappa shape index (κ3) is 3.92. The van der Waals surface area contributed by atoms with Gasteiger partial charge in [0, 0.05) is 23.2 Å². The third-order valence-corrected chi connectivity index (χ3v) is 4.81. The fourth-order valence-corrected chi connectivity index (χ4v) is 3.63. The van der Waals surface area contributed by atoms with E-state index in [-0.39, 0.29) is 11.8 Å². The van der Waals surface area contributed by atoms with Crippen molar-refractivity contribution >= 4 is 17.6 Å². The molecule has 6 heteroatoms. The summed E-state index contributed by atoms with van der Waals surface area (Å²) in [6.07, 6.45) is 3.37. The number of nitrogens with one attached hydrogen (secondary N) is 1. The number of anilines is 1. The van der Waals surface area contributed by atoms with Crippen LogP contribution >= 0.6 is 0 Å². The van der Waals surface area contributed by atoms with E-state index in [1.165, 1.54) is 0 Å². The molecule has 2 heterocycles. The van der Waals surface area contributed by atoms with Gasteiger partial charge in [-0.05, 0) is 38.5 Å². The number of imidazole rings is 1. The highest BCUT2D eigenvalue weighted by Gasteiger charge is 2.30. The Kier molecular flexibility index (Phi) is 4.70. The lowest BCUT2D eigenvalue weighted by molar-refractivity contribution is 0.0635. The van der Waals surface area contributed by atoms with Crippen LogP contribution in [0.2, 0.25) is 0 Å². The number of nitrogens with zero attached hydrogens (tertiary/aromatic N) is 2. The summed E-state index contributed by atoms with van der Waals surface area (Å²) in [6, 6.07) is 14.9. The van der Waals surface area contributed by atoms with Crippen molar-refractivity contribution in [2.45, 2.75) is 38.8 Å². The molecule has 1 aromatic heterocycles. The molecule has 29 heavy (non-hydrogen) atoms. The summed E-state index contributed by atoms with van der Waals surface area (Å²) >= 11 is 0. The lowest BCUT2D eigenvalue weighted by Gasteiger charge is -2.19. The second kappa shape index (κ2) is 7.20. The zero-order valence-electron chi connectivity index (χ0n) is 16.7. The van der Waals surface area contributed by atoms with E-state index in [9.17, 15) is 9.59 Å². The van der Waals surface area contributed by atoms with Crippen LogP contribution in [0.4, 0.5) is 10.5 Å². The second-order valence-electron chi connectivity index (χ2n) is 8.12. The standard InChI is InChI=1S/C23H23N3O3/c1-23(2,3)29-22(28)25-16-8-6-7-15(11-16)21(27)12-19-17-9-4-5-10-18(17)20-13-24-14-26(19)20/h4-11,13-14,19H,12H2,1-3H3,(H,25,28). The van der Waals surface area contributed by atoms with Crippen molar-refractivity contribution in [1.82, 2.24) is 9.55 Å². The summed E-state index contributed by atoms with van der Waals surface area (Å²) in [5, 5.41) is 2.69. The molecule has 1 aliphatic rings. The molecule has 1 N–H and O–H groups in total. The lowest BCUT2D eigenvalue weighted by Crippen LogP contribution is -2.27. The van der Waals surface area contributed by atoms with E-state index in [0.29, 0.717) is 17.7 Å². The molecule has 1 aliphatic heterocycles. The number of hydrogen-bond acceptors (Lipinski definition) is 4. The van der Waals surface area contributed by atoms with Crippen LogP contribution in [0.3, 0.4) is 0 Å². The number of Topliss-reactive ketones (excluding diaryl/α,β-unsaturated/α-hetero) is 1. The maximum atomic E-state index is 13.0. The number of benzene rings is 2. The SMILES string of the molecule is CC(C)(C)OC(=O)Nc1cccc(C(=O)CC2c3ccccc3-c3cncn32)c1. The molecule has 1 atom stereocenters. The number of amides is 1. The van der Waals surface area contributed by atoms with E-state index in [2.05, 4.69) is 22.4 Å². The smallest absolute Gasteiger partial charge is 0.412 e.